The van der Waals surface area contributed by atoms with Crippen LogP contribution in [0.4, 0.5) is 11.4 Å². The number of nitro groups is 1. The third-order valence-electron chi connectivity index (χ3n) is 2.80. The summed E-state index contributed by atoms with van der Waals surface area (Å²) in [6, 6.07) is 4.46. The number of rotatable bonds is 7. The van der Waals surface area contributed by atoms with Gasteiger partial charge in [0.25, 0.3) is 11.6 Å². The van der Waals surface area contributed by atoms with Gasteiger partial charge in [0.2, 0.25) is 0 Å². The predicted octanol–water partition coefficient (Wildman–Crippen LogP) is 2.37. The smallest absolute Gasteiger partial charge is 0.293 e. The van der Waals surface area contributed by atoms with E-state index in [1.165, 1.54) is 12.1 Å². The van der Waals surface area contributed by atoms with Crippen molar-refractivity contribution in [2.45, 2.75) is 6.92 Å². The molecule has 2 N–H and O–H groups in total. The predicted molar refractivity (Wildman–Crippen MR) is 82.5 cm³/mol. The van der Waals surface area contributed by atoms with Crippen LogP contribution in [0.2, 0.25) is 0 Å². The number of nitrogens with zero attached hydrogens (tertiary/aromatic N) is 1. The summed E-state index contributed by atoms with van der Waals surface area (Å²) in [7, 11) is 1.56. The summed E-state index contributed by atoms with van der Waals surface area (Å²) < 4.78 is 0. The lowest BCUT2D eigenvalue weighted by Crippen LogP contribution is -2.29. The number of amides is 1. The molecule has 0 aromatic heterocycles. The summed E-state index contributed by atoms with van der Waals surface area (Å²) in [6.07, 6.45) is 2.01. The molecular formula is C13H19N3O3S. The first kappa shape index (κ1) is 16.3. The minimum absolute atomic E-state index is 0.0997. The number of nitrogens with one attached hydrogen (secondary N) is 2. The molecule has 0 radical (unpaired) electrons. The van der Waals surface area contributed by atoms with Crippen molar-refractivity contribution in [3.63, 3.8) is 0 Å². The van der Waals surface area contributed by atoms with Gasteiger partial charge >= 0.3 is 0 Å². The lowest BCUT2D eigenvalue weighted by molar-refractivity contribution is -0.384. The molecular weight excluding hydrogens is 278 g/mol. The highest BCUT2D eigenvalue weighted by Crippen LogP contribution is 2.27. The highest BCUT2D eigenvalue weighted by atomic mass is 32.2. The van der Waals surface area contributed by atoms with E-state index in [1.807, 2.05) is 13.2 Å². The van der Waals surface area contributed by atoms with Gasteiger partial charge in [0.15, 0.2) is 0 Å². The summed E-state index contributed by atoms with van der Waals surface area (Å²) in [4.78, 5) is 22.6. The van der Waals surface area contributed by atoms with Gasteiger partial charge < -0.3 is 10.6 Å². The molecule has 6 nitrogen and oxygen atoms in total. The fraction of sp³-hybridized carbons (Fsp3) is 0.462. The molecule has 1 aromatic rings. The zero-order chi connectivity index (χ0) is 15.1. The van der Waals surface area contributed by atoms with Crippen LogP contribution >= 0.6 is 11.8 Å². The average molecular weight is 297 g/mol. The molecule has 110 valence electrons. The summed E-state index contributed by atoms with van der Waals surface area (Å²) in [5.74, 6) is 1.00. The molecule has 7 heteroatoms. The third kappa shape index (κ3) is 4.12. The molecule has 0 aliphatic carbocycles. The Labute approximate surface area is 122 Å². The zero-order valence-electron chi connectivity index (χ0n) is 11.8. The van der Waals surface area contributed by atoms with E-state index in [9.17, 15) is 14.9 Å². The first-order chi connectivity index (χ1) is 9.51. The van der Waals surface area contributed by atoms with Crippen molar-refractivity contribution in [1.29, 1.82) is 0 Å². The number of para-hydroxylation sites is 1. The van der Waals surface area contributed by atoms with E-state index in [4.69, 9.17) is 0 Å². The topological polar surface area (TPSA) is 84.3 Å². The van der Waals surface area contributed by atoms with Crippen LogP contribution in [0.15, 0.2) is 18.2 Å². The molecule has 0 aliphatic heterocycles. The van der Waals surface area contributed by atoms with Gasteiger partial charge in [-0.05, 0) is 24.0 Å². The van der Waals surface area contributed by atoms with Gasteiger partial charge in [-0.2, -0.15) is 11.8 Å². The van der Waals surface area contributed by atoms with Crippen LogP contribution in [0, 0.1) is 16.0 Å². The SMILES string of the molecule is CNc1c(C(=O)NCC(C)CSC)cccc1[N+](=O)[O-]. The van der Waals surface area contributed by atoms with Crippen LogP contribution in [-0.2, 0) is 0 Å². The number of hydrogen-bond acceptors (Lipinski definition) is 5. The normalized spacial score (nSPS) is 11.8. The summed E-state index contributed by atoms with van der Waals surface area (Å²) in [6.45, 7) is 2.59. The molecule has 0 aliphatic rings. The zero-order valence-corrected chi connectivity index (χ0v) is 12.6. The quantitative estimate of drug-likeness (QED) is 0.596. The van der Waals surface area contributed by atoms with Crippen molar-refractivity contribution in [2.75, 3.05) is 30.9 Å². The van der Waals surface area contributed by atoms with Crippen LogP contribution < -0.4 is 10.6 Å². The monoisotopic (exact) mass is 297 g/mol. The molecule has 1 unspecified atom stereocenters. The number of nitro benzene ring substituents is 1. The number of carbonyl (C=O) groups is 1. The van der Waals surface area contributed by atoms with Gasteiger partial charge in [0, 0.05) is 19.7 Å². The van der Waals surface area contributed by atoms with Crippen LogP contribution in [0.5, 0.6) is 0 Å². The second kappa shape index (κ2) is 7.74. The lowest BCUT2D eigenvalue weighted by atomic mass is 10.1. The lowest BCUT2D eigenvalue weighted by Gasteiger charge is -2.13. The first-order valence-corrected chi connectivity index (χ1v) is 7.63. The van der Waals surface area contributed by atoms with Crippen molar-refractivity contribution in [2.24, 2.45) is 5.92 Å². The van der Waals surface area contributed by atoms with Crippen molar-refractivity contribution in [1.82, 2.24) is 5.32 Å². The van der Waals surface area contributed by atoms with Gasteiger partial charge in [0.1, 0.15) is 5.69 Å². The summed E-state index contributed by atoms with van der Waals surface area (Å²) in [5.41, 5.74) is 0.433. The molecule has 0 heterocycles. The fourth-order valence-corrected chi connectivity index (χ4v) is 2.54. The van der Waals surface area contributed by atoms with Crippen molar-refractivity contribution >= 4 is 29.0 Å². The van der Waals surface area contributed by atoms with E-state index in [0.29, 0.717) is 12.5 Å². The first-order valence-electron chi connectivity index (χ1n) is 6.23. The van der Waals surface area contributed by atoms with E-state index < -0.39 is 4.92 Å². The van der Waals surface area contributed by atoms with Gasteiger partial charge in [-0.15, -0.1) is 0 Å². The minimum atomic E-state index is -0.501. The molecule has 0 saturated carbocycles. The highest BCUT2D eigenvalue weighted by molar-refractivity contribution is 7.98. The van der Waals surface area contributed by atoms with E-state index in [-0.39, 0.29) is 22.8 Å². The second-order valence-electron chi connectivity index (χ2n) is 4.48. The molecule has 0 fully saturated rings. The molecule has 1 atom stereocenters. The van der Waals surface area contributed by atoms with E-state index >= 15 is 0 Å². The Bertz CT molecular complexity index is 494. The van der Waals surface area contributed by atoms with Gasteiger partial charge in [-0.3, -0.25) is 14.9 Å². The maximum Gasteiger partial charge on any atom is 0.293 e. The Morgan fingerprint density at radius 2 is 2.20 bits per heavy atom. The van der Waals surface area contributed by atoms with Gasteiger partial charge in [-0.25, -0.2) is 0 Å². The molecule has 0 bridgehead atoms. The Morgan fingerprint density at radius 3 is 2.75 bits per heavy atom. The largest absolute Gasteiger partial charge is 0.382 e. The van der Waals surface area contributed by atoms with E-state index in [2.05, 4.69) is 10.6 Å². The second-order valence-corrected chi connectivity index (χ2v) is 5.39. The number of hydrogen-bond donors (Lipinski definition) is 2. The summed E-state index contributed by atoms with van der Waals surface area (Å²) in [5, 5.41) is 16.5. The Hall–Kier alpha value is -1.76. The molecule has 20 heavy (non-hydrogen) atoms. The molecule has 0 saturated heterocycles. The molecule has 1 aromatic carbocycles. The van der Waals surface area contributed by atoms with Crippen molar-refractivity contribution in [3.8, 4) is 0 Å². The minimum Gasteiger partial charge on any atom is -0.382 e. The highest BCUT2D eigenvalue weighted by Gasteiger charge is 2.20. The molecule has 0 spiro atoms. The molecule has 1 rings (SSSR count). The summed E-state index contributed by atoms with van der Waals surface area (Å²) >= 11 is 1.72. The molecule has 1 amide bonds. The van der Waals surface area contributed by atoms with E-state index in [1.54, 1.807) is 24.9 Å². The number of thioether (sulfide) groups is 1. The maximum atomic E-state index is 12.1. The number of anilines is 1. The Kier molecular flexibility index (Phi) is 6.30. The number of carbonyl (C=O) groups excluding carboxylic acids is 1. The Morgan fingerprint density at radius 1 is 1.50 bits per heavy atom. The van der Waals surface area contributed by atoms with Gasteiger partial charge in [-0.1, -0.05) is 13.0 Å². The van der Waals surface area contributed by atoms with Crippen molar-refractivity contribution in [3.05, 3.63) is 33.9 Å². The van der Waals surface area contributed by atoms with Gasteiger partial charge in [0.05, 0.1) is 10.5 Å². The van der Waals surface area contributed by atoms with Crippen LogP contribution in [0.25, 0.3) is 0 Å². The third-order valence-corrected chi connectivity index (χ3v) is 3.70. The van der Waals surface area contributed by atoms with Crippen LogP contribution in [-0.4, -0.2) is 36.4 Å². The van der Waals surface area contributed by atoms with Crippen molar-refractivity contribution < 1.29 is 9.72 Å². The van der Waals surface area contributed by atoms with E-state index in [0.717, 1.165) is 5.75 Å². The maximum absolute atomic E-state index is 12.1. The van der Waals surface area contributed by atoms with Crippen LogP contribution in [0.1, 0.15) is 17.3 Å². The average Bonchev–Trinajstić information content (AvgIpc) is 2.44. The fourth-order valence-electron chi connectivity index (χ4n) is 1.85. The number of benzene rings is 1. The Balaban J connectivity index is 2.87. The van der Waals surface area contributed by atoms with Crippen LogP contribution in [0.3, 0.4) is 0 Å². The standard InChI is InChI=1S/C13H19N3O3S/c1-9(8-20-3)7-15-13(17)10-5-4-6-11(16(18)19)12(10)14-2/h4-6,9,14H,7-8H2,1-3H3,(H,15,17).